The molecule has 1 aliphatic rings. The molecule has 1 rings (SSSR count). The SMILES string of the molecule is CCC(C)NCCN1CCSC(C)(C)CC1. The lowest BCUT2D eigenvalue weighted by molar-refractivity contribution is 0.279. The van der Waals surface area contributed by atoms with E-state index in [4.69, 9.17) is 0 Å². The van der Waals surface area contributed by atoms with Gasteiger partial charge in [0.15, 0.2) is 0 Å². The summed E-state index contributed by atoms with van der Waals surface area (Å²) in [5, 5.41) is 3.57. The molecule has 1 heterocycles. The molecule has 1 fully saturated rings. The summed E-state index contributed by atoms with van der Waals surface area (Å²) in [5.41, 5.74) is 0. The van der Waals surface area contributed by atoms with Crippen LogP contribution in [0.25, 0.3) is 0 Å². The Kier molecular flexibility index (Phi) is 6.16. The first-order valence-corrected chi connectivity index (χ1v) is 7.62. The van der Waals surface area contributed by atoms with Crippen LogP contribution in [-0.2, 0) is 0 Å². The Morgan fingerprint density at radius 2 is 2.12 bits per heavy atom. The summed E-state index contributed by atoms with van der Waals surface area (Å²) in [4.78, 5) is 2.61. The van der Waals surface area contributed by atoms with Crippen molar-refractivity contribution in [3.63, 3.8) is 0 Å². The molecule has 96 valence electrons. The summed E-state index contributed by atoms with van der Waals surface area (Å²) in [6, 6.07) is 0.665. The van der Waals surface area contributed by atoms with Crippen LogP contribution in [-0.4, -0.2) is 47.6 Å². The molecule has 16 heavy (non-hydrogen) atoms. The minimum absolute atomic E-state index is 0.485. The van der Waals surface area contributed by atoms with Crippen molar-refractivity contribution in [2.45, 2.75) is 51.3 Å². The van der Waals surface area contributed by atoms with Crippen LogP contribution < -0.4 is 5.32 Å². The van der Waals surface area contributed by atoms with E-state index in [2.05, 4.69) is 49.7 Å². The summed E-state index contributed by atoms with van der Waals surface area (Å²) in [6.07, 6.45) is 2.55. The molecule has 1 N–H and O–H groups in total. The topological polar surface area (TPSA) is 15.3 Å². The molecule has 0 bridgehead atoms. The van der Waals surface area contributed by atoms with E-state index in [0.717, 1.165) is 6.54 Å². The number of thioether (sulfide) groups is 1. The van der Waals surface area contributed by atoms with Crippen LogP contribution >= 0.6 is 11.8 Å². The monoisotopic (exact) mass is 244 g/mol. The smallest absolute Gasteiger partial charge is 0.0116 e. The maximum absolute atomic E-state index is 3.57. The zero-order valence-corrected chi connectivity index (χ0v) is 12.2. The van der Waals surface area contributed by atoms with Crippen LogP contribution in [0.3, 0.4) is 0 Å². The summed E-state index contributed by atoms with van der Waals surface area (Å²) in [6.45, 7) is 14.1. The van der Waals surface area contributed by atoms with E-state index in [1.165, 1.54) is 38.2 Å². The summed E-state index contributed by atoms with van der Waals surface area (Å²) < 4.78 is 0.485. The standard InChI is InChI=1S/C13H28N2S/c1-5-12(2)14-7-9-15-8-6-13(3,4)16-11-10-15/h12,14H,5-11H2,1-4H3. The van der Waals surface area contributed by atoms with Crippen molar-refractivity contribution in [3.8, 4) is 0 Å². The second kappa shape index (κ2) is 6.87. The van der Waals surface area contributed by atoms with Gasteiger partial charge in [-0.1, -0.05) is 20.8 Å². The number of rotatable bonds is 5. The van der Waals surface area contributed by atoms with E-state index in [-0.39, 0.29) is 0 Å². The van der Waals surface area contributed by atoms with E-state index in [1.54, 1.807) is 0 Å². The van der Waals surface area contributed by atoms with E-state index >= 15 is 0 Å². The van der Waals surface area contributed by atoms with Crippen LogP contribution in [0.2, 0.25) is 0 Å². The Morgan fingerprint density at radius 1 is 1.38 bits per heavy atom. The molecule has 3 heteroatoms. The molecule has 0 saturated carbocycles. The van der Waals surface area contributed by atoms with Gasteiger partial charge >= 0.3 is 0 Å². The number of nitrogens with one attached hydrogen (secondary N) is 1. The van der Waals surface area contributed by atoms with Gasteiger partial charge in [0.2, 0.25) is 0 Å². The molecule has 0 aliphatic carbocycles. The third kappa shape index (κ3) is 5.55. The van der Waals surface area contributed by atoms with Gasteiger partial charge < -0.3 is 10.2 Å². The van der Waals surface area contributed by atoms with Crippen molar-refractivity contribution in [1.82, 2.24) is 10.2 Å². The molecular weight excluding hydrogens is 216 g/mol. The molecule has 2 nitrogen and oxygen atoms in total. The number of nitrogens with zero attached hydrogens (tertiary/aromatic N) is 1. The number of hydrogen-bond acceptors (Lipinski definition) is 3. The highest BCUT2D eigenvalue weighted by Gasteiger charge is 2.23. The van der Waals surface area contributed by atoms with Gasteiger partial charge in [0, 0.05) is 36.2 Å². The Labute approximate surface area is 106 Å². The van der Waals surface area contributed by atoms with Gasteiger partial charge in [-0.2, -0.15) is 11.8 Å². The summed E-state index contributed by atoms with van der Waals surface area (Å²) in [5.74, 6) is 1.29. The highest BCUT2D eigenvalue weighted by Crippen LogP contribution is 2.30. The first-order chi connectivity index (χ1) is 7.53. The maximum Gasteiger partial charge on any atom is 0.0116 e. The second-order valence-corrected chi connectivity index (χ2v) is 7.27. The highest BCUT2D eigenvalue weighted by molar-refractivity contribution is 8.00. The molecule has 1 atom stereocenters. The van der Waals surface area contributed by atoms with Crippen molar-refractivity contribution in [1.29, 1.82) is 0 Å². The Morgan fingerprint density at radius 3 is 2.81 bits per heavy atom. The highest BCUT2D eigenvalue weighted by atomic mass is 32.2. The van der Waals surface area contributed by atoms with Gasteiger partial charge in [-0.25, -0.2) is 0 Å². The minimum Gasteiger partial charge on any atom is -0.313 e. The largest absolute Gasteiger partial charge is 0.313 e. The van der Waals surface area contributed by atoms with Crippen molar-refractivity contribution >= 4 is 11.8 Å². The predicted octanol–water partition coefficient (Wildman–Crippen LogP) is 2.59. The molecule has 0 aromatic heterocycles. The quantitative estimate of drug-likeness (QED) is 0.800. The third-order valence-corrected chi connectivity index (χ3v) is 4.84. The molecule has 0 aromatic rings. The third-order valence-electron chi connectivity index (χ3n) is 3.46. The van der Waals surface area contributed by atoms with Crippen molar-refractivity contribution in [2.24, 2.45) is 0 Å². The Bertz CT molecular complexity index is 194. The van der Waals surface area contributed by atoms with Gasteiger partial charge in [-0.05, 0) is 26.3 Å². The average molecular weight is 244 g/mol. The van der Waals surface area contributed by atoms with Crippen LogP contribution in [0.15, 0.2) is 0 Å². The van der Waals surface area contributed by atoms with Crippen LogP contribution in [0.5, 0.6) is 0 Å². The van der Waals surface area contributed by atoms with E-state index in [1.807, 2.05) is 0 Å². The molecule has 1 aliphatic heterocycles. The summed E-state index contributed by atoms with van der Waals surface area (Å²) in [7, 11) is 0. The molecule has 0 spiro atoms. The second-order valence-electron chi connectivity index (χ2n) is 5.46. The minimum atomic E-state index is 0.485. The first kappa shape index (κ1) is 14.3. The first-order valence-electron chi connectivity index (χ1n) is 6.63. The lowest BCUT2D eigenvalue weighted by Gasteiger charge is -2.23. The van der Waals surface area contributed by atoms with Crippen molar-refractivity contribution in [2.75, 3.05) is 31.9 Å². The maximum atomic E-state index is 3.57. The number of hydrogen-bond donors (Lipinski definition) is 1. The van der Waals surface area contributed by atoms with Crippen LogP contribution in [0.4, 0.5) is 0 Å². The molecule has 1 unspecified atom stereocenters. The molecule has 0 aromatic carbocycles. The lowest BCUT2D eigenvalue weighted by atomic mass is 10.1. The van der Waals surface area contributed by atoms with E-state index in [9.17, 15) is 0 Å². The molecule has 1 saturated heterocycles. The fraction of sp³-hybridized carbons (Fsp3) is 1.00. The van der Waals surface area contributed by atoms with Crippen molar-refractivity contribution < 1.29 is 0 Å². The van der Waals surface area contributed by atoms with Gasteiger partial charge in [-0.3, -0.25) is 0 Å². The predicted molar refractivity (Wildman–Crippen MR) is 75.3 cm³/mol. The average Bonchev–Trinajstić information content (AvgIpc) is 2.40. The Balaban J connectivity index is 2.18. The summed E-state index contributed by atoms with van der Waals surface area (Å²) >= 11 is 2.13. The normalized spacial score (nSPS) is 24.0. The fourth-order valence-electron chi connectivity index (χ4n) is 1.90. The molecular formula is C13H28N2S. The molecule has 0 radical (unpaired) electrons. The van der Waals surface area contributed by atoms with Gasteiger partial charge in [-0.15, -0.1) is 0 Å². The fourth-order valence-corrected chi connectivity index (χ4v) is 3.04. The van der Waals surface area contributed by atoms with Crippen LogP contribution in [0, 0.1) is 0 Å². The zero-order valence-electron chi connectivity index (χ0n) is 11.4. The van der Waals surface area contributed by atoms with Gasteiger partial charge in [0.25, 0.3) is 0 Å². The van der Waals surface area contributed by atoms with Crippen molar-refractivity contribution in [3.05, 3.63) is 0 Å². The Hall–Kier alpha value is 0.270. The van der Waals surface area contributed by atoms with Gasteiger partial charge in [0.1, 0.15) is 0 Å². The lowest BCUT2D eigenvalue weighted by Crippen LogP contribution is -2.37. The van der Waals surface area contributed by atoms with E-state index in [0.29, 0.717) is 10.8 Å². The zero-order chi connectivity index (χ0) is 12.0. The van der Waals surface area contributed by atoms with E-state index < -0.39 is 0 Å². The van der Waals surface area contributed by atoms with Gasteiger partial charge in [0.05, 0.1) is 0 Å². The molecule has 0 amide bonds. The van der Waals surface area contributed by atoms with Crippen LogP contribution in [0.1, 0.15) is 40.5 Å².